The van der Waals surface area contributed by atoms with Gasteiger partial charge in [0.2, 0.25) is 0 Å². The van der Waals surface area contributed by atoms with Crippen LogP contribution in [-0.2, 0) is 26.7 Å². The van der Waals surface area contributed by atoms with Gasteiger partial charge in [0.15, 0.2) is 0 Å². The third-order valence-corrected chi connectivity index (χ3v) is 0. The van der Waals surface area contributed by atoms with Gasteiger partial charge in [0.1, 0.15) is 0 Å². The number of hydrogen-bond acceptors (Lipinski definition) is 2. The van der Waals surface area contributed by atoms with Crippen molar-refractivity contribution in [2.45, 2.75) is 0 Å². The molecule has 0 rings (SSSR count). The van der Waals surface area contributed by atoms with E-state index in [4.69, 9.17) is 9.59 Å². The van der Waals surface area contributed by atoms with Crippen molar-refractivity contribution >= 4 is 6.15 Å². The molecule has 0 saturated heterocycles. The number of hydrogen-bond donors (Lipinski definition) is 0. The second kappa shape index (κ2) is 12.9. The smallest absolute Gasteiger partial charge is 0.186 e. The first-order valence-electron chi connectivity index (χ1n) is 0.408. The first kappa shape index (κ1) is 9.09. The van der Waals surface area contributed by atoms with Gasteiger partial charge in [0.25, 0.3) is 0 Å². The van der Waals surface area contributed by atoms with Crippen molar-refractivity contribution in [3.05, 3.63) is 0 Å². The van der Waals surface area contributed by atoms with Gasteiger partial charge in [-0.1, -0.05) is 0 Å². The Morgan fingerprint density at radius 2 is 1.25 bits per heavy atom. The van der Waals surface area contributed by atoms with Crippen LogP contribution in [0.4, 0.5) is 0 Å². The van der Waals surface area contributed by atoms with Crippen LogP contribution in [0.3, 0.4) is 0 Å². The molecule has 0 N–H and O–H groups in total. The minimum Gasteiger partial charge on any atom is -0.186 e. The van der Waals surface area contributed by atoms with E-state index < -0.39 is 0 Å². The Morgan fingerprint density at radius 3 is 1.25 bits per heavy atom. The van der Waals surface area contributed by atoms with E-state index in [1.165, 1.54) is 0 Å². The Bertz CT molecular complexity index is 27.0. The second-order valence-corrected chi connectivity index (χ2v) is 0.0833. The summed E-state index contributed by atoms with van der Waals surface area (Å²) in [7, 11) is 0. The van der Waals surface area contributed by atoms with E-state index in [-0.39, 0.29) is 23.2 Å². The quantitative estimate of drug-likeness (QED) is 0.381. The van der Waals surface area contributed by atoms with Crippen molar-refractivity contribution < 1.29 is 26.7 Å². The average molecular weight is 99.9 g/mol. The topological polar surface area (TPSA) is 34.1 Å². The largest absolute Gasteiger partial charge is 0.373 e. The molecule has 0 heterocycles. The summed E-state index contributed by atoms with van der Waals surface area (Å²) >= 11 is 0. The summed E-state index contributed by atoms with van der Waals surface area (Å²) in [6.07, 6.45) is 0.250. The van der Waals surface area contributed by atoms with Crippen molar-refractivity contribution in [1.29, 1.82) is 0 Å². The predicted molar refractivity (Wildman–Crippen MR) is 5.01 cm³/mol. The fourth-order valence-electron chi connectivity index (χ4n) is 0. The molecule has 0 aromatic heterocycles. The molecule has 0 aromatic carbocycles. The molecular formula is CFeO2. The first-order chi connectivity index (χ1) is 1.41. The van der Waals surface area contributed by atoms with Crippen LogP contribution < -0.4 is 0 Å². The van der Waals surface area contributed by atoms with E-state index in [9.17, 15) is 0 Å². The monoisotopic (exact) mass is 99.9 g/mol. The van der Waals surface area contributed by atoms with Gasteiger partial charge in [0, 0.05) is 17.1 Å². The van der Waals surface area contributed by atoms with Gasteiger partial charge in [-0.05, 0) is 0 Å². The summed E-state index contributed by atoms with van der Waals surface area (Å²) in [5, 5.41) is 0. The molecule has 0 aliphatic heterocycles. The Morgan fingerprint density at radius 1 is 1.25 bits per heavy atom. The van der Waals surface area contributed by atoms with Crippen LogP contribution in [0, 0.1) is 0 Å². The summed E-state index contributed by atoms with van der Waals surface area (Å²) < 4.78 is 0. The molecule has 0 spiro atoms. The van der Waals surface area contributed by atoms with Crippen LogP contribution in [0.2, 0.25) is 0 Å². The van der Waals surface area contributed by atoms with E-state index in [2.05, 4.69) is 0 Å². The fraction of sp³-hybridized carbons (Fsp3) is 0. The van der Waals surface area contributed by atoms with Crippen LogP contribution >= 0.6 is 0 Å². The Balaban J connectivity index is 0. The van der Waals surface area contributed by atoms with Crippen molar-refractivity contribution in [2.75, 3.05) is 0 Å². The molecule has 0 fully saturated rings. The minimum absolute atomic E-state index is 0. The molecule has 0 aliphatic carbocycles. The molecule has 0 aliphatic rings. The molecule has 0 saturated carbocycles. The van der Waals surface area contributed by atoms with E-state index >= 15 is 0 Å². The van der Waals surface area contributed by atoms with Crippen LogP contribution in [0.15, 0.2) is 0 Å². The second-order valence-electron chi connectivity index (χ2n) is 0.0833. The Labute approximate surface area is 33.7 Å². The zero-order valence-corrected chi connectivity index (χ0v) is 2.77. The zero-order chi connectivity index (χ0) is 2.71. The van der Waals surface area contributed by atoms with Gasteiger partial charge in [0.05, 0.1) is 0 Å². The summed E-state index contributed by atoms with van der Waals surface area (Å²) in [6, 6.07) is 0. The first-order valence-corrected chi connectivity index (χ1v) is 0.408. The van der Waals surface area contributed by atoms with Crippen molar-refractivity contribution in [3.63, 3.8) is 0 Å². The van der Waals surface area contributed by atoms with Crippen LogP contribution in [0.5, 0.6) is 0 Å². The molecule has 3 heteroatoms. The molecule has 0 bridgehead atoms. The summed E-state index contributed by atoms with van der Waals surface area (Å²) in [4.78, 5) is 16.2. The van der Waals surface area contributed by atoms with Gasteiger partial charge in [-0.2, -0.15) is 9.59 Å². The van der Waals surface area contributed by atoms with Crippen molar-refractivity contribution in [1.82, 2.24) is 0 Å². The molecule has 0 amide bonds. The normalized spacial score (nSPS) is 2.00. The molecule has 0 atom stereocenters. The maximum Gasteiger partial charge on any atom is 0.373 e. The van der Waals surface area contributed by atoms with E-state index in [0.717, 1.165) is 0 Å². The third-order valence-electron chi connectivity index (χ3n) is 0. The summed E-state index contributed by atoms with van der Waals surface area (Å²) in [6.45, 7) is 0. The molecule has 0 unspecified atom stereocenters. The van der Waals surface area contributed by atoms with Crippen LogP contribution in [0.1, 0.15) is 0 Å². The molecule has 24 valence electrons. The van der Waals surface area contributed by atoms with Gasteiger partial charge < -0.3 is 0 Å². The third kappa shape index (κ3) is 152. The van der Waals surface area contributed by atoms with Gasteiger partial charge >= 0.3 is 6.15 Å². The van der Waals surface area contributed by atoms with Gasteiger partial charge in [-0.25, -0.2) is 0 Å². The molecule has 2 nitrogen and oxygen atoms in total. The SMILES string of the molecule is O=C=O.[Fe]. The minimum atomic E-state index is 0. The molecule has 4 heavy (non-hydrogen) atoms. The molecule has 0 aromatic rings. The average Bonchev–Trinajstić information content (AvgIpc) is 0.918. The Hall–Kier alpha value is -0.101. The van der Waals surface area contributed by atoms with E-state index in [1.54, 1.807) is 0 Å². The maximum atomic E-state index is 8.12. The van der Waals surface area contributed by atoms with Gasteiger partial charge in [-0.15, -0.1) is 0 Å². The fourth-order valence-corrected chi connectivity index (χ4v) is 0. The number of rotatable bonds is 0. The summed E-state index contributed by atoms with van der Waals surface area (Å²) in [5.74, 6) is 0. The molecular weight excluding hydrogens is 99.9 g/mol. The number of carbonyl (C=O) groups excluding carboxylic acids is 2. The summed E-state index contributed by atoms with van der Waals surface area (Å²) in [5.41, 5.74) is 0. The van der Waals surface area contributed by atoms with Crippen molar-refractivity contribution in [2.24, 2.45) is 0 Å². The molecule has 0 radical (unpaired) electrons. The standard InChI is InChI=1S/CO2.Fe/c2-1-3;. The Kier molecular flexibility index (Phi) is 29.4. The van der Waals surface area contributed by atoms with Crippen LogP contribution in [0.25, 0.3) is 0 Å². The zero-order valence-electron chi connectivity index (χ0n) is 1.67. The van der Waals surface area contributed by atoms with Gasteiger partial charge in [-0.3, -0.25) is 0 Å². The van der Waals surface area contributed by atoms with E-state index in [1.807, 2.05) is 0 Å². The maximum absolute atomic E-state index is 8.12. The van der Waals surface area contributed by atoms with Crippen molar-refractivity contribution in [3.8, 4) is 0 Å². The van der Waals surface area contributed by atoms with E-state index in [0.29, 0.717) is 0 Å². The predicted octanol–water partition coefficient (Wildman–Crippen LogP) is -0.586. The van der Waals surface area contributed by atoms with Crippen LogP contribution in [-0.4, -0.2) is 6.15 Å².